The van der Waals surface area contributed by atoms with Crippen molar-refractivity contribution < 1.29 is 101 Å². The summed E-state index contributed by atoms with van der Waals surface area (Å²) in [5.74, 6) is -2.01. The molecule has 4 fully saturated rings. The number of nitrogens with zero attached hydrogens (tertiary/aromatic N) is 2. The summed E-state index contributed by atoms with van der Waals surface area (Å²) in [5, 5.41) is 58.0. The molecule has 8 N–H and O–H groups in total. The van der Waals surface area contributed by atoms with E-state index >= 15 is 0 Å². The van der Waals surface area contributed by atoms with Crippen LogP contribution in [0.3, 0.4) is 0 Å². The van der Waals surface area contributed by atoms with E-state index in [2.05, 4.69) is 21.3 Å². The van der Waals surface area contributed by atoms with Crippen molar-refractivity contribution in [3.05, 3.63) is 0 Å². The predicted octanol–water partition coefficient (Wildman–Crippen LogP) is 3.28. The van der Waals surface area contributed by atoms with Gasteiger partial charge in [-0.3, -0.25) is 4.79 Å². The van der Waals surface area contributed by atoms with Gasteiger partial charge < -0.3 is 104 Å². The van der Waals surface area contributed by atoms with Crippen LogP contribution in [0, 0.1) is 0 Å². The summed E-state index contributed by atoms with van der Waals surface area (Å²) in [5.41, 5.74) is -6.70. The lowest BCUT2D eigenvalue weighted by Gasteiger charge is -2.51. The first-order valence-electron chi connectivity index (χ1n) is 27.2. The van der Waals surface area contributed by atoms with Gasteiger partial charge in [0.15, 0.2) is 18.4 Å². The second kappa shape index (κ2) is 26.3. The molecule has 4 rings (SSSR count). The average Bonchev–Trinajstić information content (AvgIpc) is 3.60. The number of alkyl carbamates (subject to hydrolysis) is 3. The smallest absolute Gasteiger partial charge is 0.410 e. The molecule has 1 aliphatic carbocycles. The molecule has 3 aliphatic heterocycles. The molecule has 462 valence electrons. The van der Waals surface area contributed by atoms with E-state index in [4.69, 9.17) is 52.1 Å². The molecule has 0 radical (unpaired) electrons. The van der Waals surface area contributed by atoms with Gasteiger partial charge in [-0.25, -0.2) is 24.0 Å². The van der Waals surface area contributed by atoms with Crippen LogP contribution < -0.4 is 21.3 Å². The van der Waals surface area contributed by atoms with Crippen LogP contribution in [0.1, 0.15) is 144 Å². The molecule has 3 heterocycles. The van der Waals surface area contributed by atoms with E-state index in [1.54, 1.807) is 118 Å². The van der Waals surface area contributed by atoms with E-state index in [1.807, 2.05) is 0 Å². The summed E-state index contributed by atoms with van der Waals surface area (Å²) in [6.45, 7) is 28.5. The highest BCUT2D eigenvalue weighted by molar-refractivity contribution is 5.82. The van der Waals surface area contributed by atoms with E-state index < -0.39 is 175 Å². The van der Waals surface area contributed by atoms with Gasteiger partial charge in [-0.2, -0.15) is 0 Å². The topological polar surface area (TPSA) is 339 Å². The monoisotopic (exact) mass is 1150 g/mol. The number of carbonyl (C=O) groups excluding carboxylic acids is 6. The van der Waals surface area contributed by atoms with Gasteiger partial charge in [0.05, 0.1) is 63.1 Å². The molecule has 14 unspecified atom stereocenters. The lowest BCUT2D eigenvalue weighted by Crippen LogP contribution is -2.71. The highest BCUT2D eigenvalue weighted by Gasteiger charge is 2.55. The van der Waals surface area contributed by atoms with E-state index in [0.717, 1.165) is 4.90 Å². The molecule has 0 aromatic carbocycles. The molecule has 27 heteroatoms. The lowest BCUT2D eigenvalue weighted by atomic mass is 9.82. The molecule has 3 saturated heterocycles. The zero-order valence-corrected chi connectivity index (χ0v) is 50.3. The number of likely N-dealkylation sites (N-methyl/N-ethyl adjacent to an activating group) is 1. The first-order chi connectivity index (χ1) is 36.3. The first kappa shape index (κ1) is 67.9. The Hall–Kier alpha value is -4.58. The second-order valence-corrected chi connectivity index (χ2v) is 26.5. The van der Waals surface area contributed by atoms with Crippen LogP contribution >= 0.6 is 0 Å². The van der Waals surface area contributed by atoms with Gasteiger partial charge in [0.25, 0.3) is 5.91 Å². The van der Waals surface area contributed by atoms with Crippen LogP contribution in [0.15, 0.2) is 0 Å². The van der Waals surface area contributed by atoms with Crippen molar-refractivity contribution >= 4 is 36.4 Å². The van der Waals surface area contributed by atoms with Crippen molar-refractivity contribution in [3.63, 3.8) is 0 Å². The van der Waals surface area contributed by atoms with E-state index in [-0.39, 0.29) is 32.5 Å². The van der Waals surface area contributed by atoms with Gasteiger partial charge in [0, 0.05) is 7.05 Å². The molecule has 4 aliphatic rings. The van der Waals surface area contributed by atoms with Crippen molar-refractivity contribution in [2.24, 2.45) is 0 Å². The summed E-state index contributed by atoms with van der Waals surface area (Å²) < 4.78 is 65.5. The van der Waals surface area contributed by atoms with Crippen LogP contribution in [0.4, 0.5) is 24.0 Å². The maximum absolute atomic E-state index is 14.0. The zero-order chi connectivity index (χ0) is 60.9. The molecule has 0 spiro atoms. The predicted molar refractivity (Wildman–Crippen MR) is 284 cm³/mol. The van der Waals surface area contributed by atoms with E-state index in [0.29, 0.717) is 0 Å². The molecule has 27 nitrogen and oxygen atoms in total. The number of aliphatic hydroxyl groups excluding tert-OH is 3. The first-order valence-corrected chi connectivity index (χ1v) is 27.2. The second-order valence-electron chi connectivity index (χ2n) is 26.5. The average molecular weight is 1150 g/mol. The van der Waals surface area contributed by atoms with Crippen LogP contribution in [0.5, 0.6) is 0 Å². The highest BCUT2D eigenvalue weighted by atomic mass is 16.7. The summed E-state index contributed by atoms with van der Waals surface area (Å²) in [6, 6.07) is -5.28. The fraction of sp³-hybridized carbons (Fsp3) is 0.887. The van der Waals surface area contributed by atoms with Crippen LogP contribution in [0.2, 0.25) is 0 Å². The molecular formula is C53H94N6O21. The molecule has 0 aromatic rings. The third kappa shape index (κ3) is 21.6. The summed E-state index contributed by atoms with van der Waals surface area (Å²) in [7, 11) is 1.30. The zero-order valence-electron chi connectivity index (χ0n) is 50.3. The van der Waals surface area contributed by atoms with Crippen molar-refractivity contribution in [2.45, 2.75) is 263 Å². The van der Waals surface area contributed by atoms with Gasteiger partial charge in [0.2, 0.25) is 0 Å². The van der Waals surface area contributed by atoms with Crippen molar-refractivity contribution in [3.8, 4) is 0 Å². The molecule has 0 aromatic heterocycles. The Morgan fingerprint density at radius 2 is 1.10 bits per heavy atom. The molecule has 6 amide bonds. The molecule has 1 saturated carbocycles. The number of hydrogen-bond donors (Lipinski definition) is 8. The molecule has 14 atom stereocenters. The molecular weight excluding hydrogens is 1060 g/mol. The van der Waals surface area contributed by atoms with Gasteiger partial charge >= 0.3 is 30.5 Å². The van der Waals surface area contributed by atoms with E-state index in [1.165, 1.54) is 18.9 Å². The SMILES string of the molecule is CN(C(=O)OC(C)(C)C)C1C(O)C(OC2C(NC(=O)C(O)CNC(=O)OC(C)(C)C)CC(NC(=O)OC(C)(C)C)C(OC3OC(CN(CC4COC(C)(C)O4)C(=O)OC(C)(C)C)CCC3NC(=O)OC(C)(C)C)C2O)OCC1(C)O. The summed E-state index contributed by atoms with van der Waals surface area (Å²) in [4.78, 5) is 83.5. The minimum atomic E-state index is -1.99. The number of rotatable bonds is 15. The van der Waals surface area contributed by atoms with Gasteiger partial charge in [-0.1, -0.05) is 0 Å². The maximum atomic E-state index is 14.0. The fourth-order valence-electron chi connectivity index (χ4n) is 9.25. The summed E-state index contributed by atoms with van der Waals surface area (Å²) in [6.07, 6.45) is -18.2. The third-order valence-corrected chi connectivity index (χ3v) is 12.3. The van der Waals surface area contributed by atoms with Crippen LogP contribution in [-0.2, 0) is 56.9 Å². The van der Waals surface area contributed by atoms with Crippen molar-refractivity contribution in [2.75, 3.05) is 39.9 Å². The number of aliphatic hydroxyl groups is 4. The Balaban J connectivity index is 1.82. The fourth-order valence-corrected chi connectivity index (χ4v) is 9.25. The highest BCUT2D eigenvalue weighted by Crippen LogP contribution is 2.36. The summed E-state index contributed by atoms with van der Waals surface area (Å²) >= 11 is 0. The van der Waals surface area contributed by atoms with Crippen molar-refractivity contribution in [1.29, 1.82) is 0 Å². The third-order valence-electron chi connectivity index (χ3n) is 12.3. The molecule has 0 bridgehead atoms. The number of hydrogen-bond acceptors (Lipinski definition) is 21. The Morgan fingerprint density at radius 3 is 1.61 bits per heavy atom. The lowest BCUT2D eigenvalue weighted by molar-refractivity contribution is -0.315. The van der Waals surface area contributed by atoms with Crippen LogP contribution in [-0.4, -0.2) is 225 Å². The van der Waals surface area contributed by atoms with Gasteiger partial charge in [0.1, 0.15) is 70.2 Å². The minimum Gasteiger partial charge on any atom is -0.444 e. The quantitative estimate of drug-likeness (QED) is 0.109. The Kier molecular flexibility index (Phi) is 22.4. The molecule has 80 heavy (non-hydrogen) atoms. The van der Waals surface area contributed by atoms with Gasteiger partial charge in [-0.05, 0) is 144 Å². The van der Waals surface area contributed by atoms with Crippen LogP contribution in [0.25, 0.3) is 0 Å². The minimum absolute atomic E-state index is 0.0311. The standard InChI is InChI=1S/C53H94N6O21/c1-47(2,3)76-42(64)54-23-33(60)39(63)55-31-22-32(57-44(66)78-49(7,8)9)37(34(61)36(31)74-41-35(62)38(53(18,69)27-70-41)58(19)45(67)79-50(10,11)12)73-40-30(56-43(65)77-48(4,5)6)21-20-28(72-40)24-59(46(68)80-51(13,14)15)25-29-26-71-52(16,17)75-29/h28-38,40-41,60-62,69H,20-27H2,1-19H3,(H,54,64)(H,55,63)(H,56,65)(H,57,66). The maximum Gasteiger partial charge on any atom is 0.410 e. The Bertz CT molecular complexity index is 2110. The van der Waals surface area contributed by atoms with E-state index in [9.17, 15) is 49.2 Å². The van der Waals surface area contributed by atoms with Gasteiger partial charge in [-0.15, -0.1) is 0 Å². The normalized spacial score (nSPS) is 30.6. The largest absolute Gasteiger partial charge is 0.444 e. The number of nitrogens with one attached hydrogen (secondary N) is 4. The Labute approximate surface area is 470 Å². The number of amides is 6. The number of carbonyl (C=O) groups is 6. The van der Waals surface area contributed by atoms with Crippen molar-refractivity contribution in [1.82, 2.24) is 31.1 Å². The number of ether oxygens (including phenoxy) is 11. The Morgan fingerprint density at radius 1 is 0.625 bits per heavy atom.